The number of anilines is 1. The van der Waals surface area contributed by atoms with Crippen molar-refractivity contribution >= 4 is 39.1 Å². The fourth-order valence-electron chi connectivity index (χ4n) is 7.88. The molecule has 14 heteroatoms. The first-order valence-corrected chi connectivity index (χ1v) is 19.0. The number of amides is 2. The van der Waals surface area contributed by atoms with E-state index in [9.17, 15) is 26.8 Å². The molecule has 2 amide bonds. The van der Waals surface area contributed by atoms with Gasteiger partial charge in [0.1, 0.15) is 18.0 Å². The summed E-state index contributed by atoms with van der Waals surface area (Å²) in [4.78, 5) is 29.2. The van der Waals surface area contributed by atoms with Gasteiger partial charge in [-0.1, -0.05) is 29.8 Å². The second-order valence-electron chi connectivity index (χ2n) is 14.8. The van der Waals surface area contributed by atoms with Crippen LogP contribution in [0.25, 0.3) is 0 Å². The Hall–Kier alpha value is -3.26. The van der Waals surface area contributed by atoms with Crippen molar-refractivity contribution < 1.29 is 41.0 Å². The summed E-state index contributed by atoms with van der Waals surface area (Å²) < 4.78 is 74.8. The van der Waals surface area contributed by atoms with Gasteiger partial charge in [0.2, 0.25) is 5.91 Å². The molecule has 5 aliphatic rings. The largest absolute Gasteiger partial charge is 0.490 e. The molecule has 1 spiro atoms. The van der Waals surface area contributed by atoms with Crippen molar-refractivity contribution in [1.82, 2.24) is 9.62 Å². The van der Waals surface area contributed by atoms with E-state index < -0.39 is 58.0 Å². The van der Waals surface area contributed by atoms with Gasteiger partial charge in [-0.15, -0.1) is 0 Å². The number of hydrogen-bond donors (Lipinski definition) is 1. The van der Waals surface area contributed by atoms with Gasteiger partial charge in [-0.3, -0.25) is 9.59 Å². The molecule has 270 valence electrons. The summed E-state index contributed by atoms with van der Waals surface area (Å²) in [6, 6.07) is 10.7. The first-order chi connectivity index (χ1) is 23.6. The van der Waals surface area contributed by atoms with Crippen molar-refractivity contribution in [2.45, 2.75) is 73.9 Å². The predicted molar refractivity (Wildman–Crippen MR) is 182 cm³/mol. The minimum atomic E-state index is -4.27. The van der Waals surface area contributed by atoms with Gasteiger partial charge in [0.05, 0.1) is 43.0 Å². The van der Waals surface area contributed by atoms with Crippen LogP contribution in [0.2, 0.25) is 5.02 Å². The van der Waals surface area contributed by atoms with Crippen LogP contribution in [-0.4, -0.2) is 88.8 Å². The Morgan fingerprint density at radius 1 is 1.12 bits per heavy atom. The van der Waals surface area contributed by atoms with Gasteiger partial charge in [-0.05, 0) is 99.2 Å². The number of carbonyl (C=O) groups excluding carboxylic acids is 2. The standard InChI is InChI=1S/C36H42ClF2N3O7S/c1-34(2)33(44)40-50(45,46)26-9-12-31-29(16-26)41(19-35(22-48-31)13-3-5-23-15-25(37)8-11-28(23)35)17-24-7-10-27(24)30(6-4-14-49-34)47-18-32(43)42-20-36(38,39)21-42/h4,6,8-9,11-12,15-16,24,27,30H,3,5,7,10,13-14,17-22H2,1-2H3,(H,40,44)/t24-,27+,30-,35-/m0/s1. The molecule has 4 atom stereocenters. The SMILES string of the molecule is CC1(C)OCC=C[C@H](OCC(=O)N2CC(F)(F)C2)[C@@H]2CC[C@H]2CN2C[C@@]3(CCCc4cc(Cl)ccc43)COc3ccc(cc32)S(=O)(=O)NC1=O. The van der Waals surface area contributed by atoms with Crippen LogP contribution in [0.4, 0.5) is 14.5 Å². The Kier molecular flexibility index (Phi) is 9.18. The number of halogens is 3. The topological polar surface area (TPSA) is 114 Å². The molecule has 1 N–H and O–H groups in total. The molecule has 10 nitrogen and oxygen atoms in total. The molecular formula is C36H42ClF2N3O7S. The zero-order chi connectivity index (χ0) is 35.5. The summed E-state index contributed by atoms with van der Waals surface area (Å²) in [5, 5.41) is 0.673. The second-order valence-corrected chi connectivity index (χ2v) is 16.9. The van der Waals surface area contributed by atoms with Crippen LogP contribution < -0.4 is 14.4 Å². The molecule has 2 aromatic carbocycles. The Morgan fingerprint density at radius 2 is 1.92 bits per heavy atom. The van der Waals surface area contributed by atoms with E-state index >= 15 is 0 Å². The molecule has 1 saturated carbocycles. The van der Waals surface area contributed by atoms with Crippen molar-refractivity contribution in [2.75, 3.05) is 50.9 Å². The van der Waals surface area contributed by atoms with Crippen molar-refractivity contribution in [3.05, 3.63) is 64.7 Å². The monoisotopic (exact) mass is 733 g/mol. The highest BCUT2D eigenvalue weighted by molar-refractivity contribution is 7.90. The van der Waals surface area contributed by atoms with Crippen molar-refractivity contribution in [3.63, 3.8) is 0 Å². The summed E-state index contributed by atoms with van der Waals surface area (Å²) in [5.74, 6) is -3.59. The molecule has 2 aliphatic carbocycles. The minimum Gasteiger partial charge on any atom is -0.490 e. The van der Waals surface area contributed by atoms with Crippen LogP contribution in [0.3, 0.4) is 0 Å². The van der Waals surface area contributed by atoms with Crippen LogP contribution in [0.15, 0.2) is 53.4 Å². The molecule has 2 aromatic rings. The fraction of sp³-hybridized carbons (Fsp3) is 0.556. The third kappa shape index (κ3) is 6.86. The summed E-state index contributed by atoms with van der Waals surface area (Å²) in [7, 11) is -4.27. The number of hydrogen-bond acceptors (Lipinski definition) is 8. The average Bonchev–Trinajstić information content (AvgIpc) is 3.18. The second kappa shape index (κ2) is 13.1. The predicted octanol–water partition coefficient (Wildman–Crippen LogP) is 4.87. The molecule has 2 fully saturated rings. The van der Waals surface area contributed by atoms with Crippen LogP contribution in [-0.2, 0) is 40.9 Å². The van der Waals surface area contributed by atoms with E-state index in [1.165, 1.54) is 31.0 Å². The number of ether oxygens (including phenoxy) is 3. The molecule has 50 heavy (non-hydrogen) atoms. The van der Waals surface area contributed by atoms with Crippen LogP contribution in [0, 0.1) is 11.8 Å². The van der Waals surface area contributed by atoms with Gasteiger partial charge < -0.3 is 24.0 Å². The van der Waals surface area contributed by atoms with Crippen molar-refractivity contribution in [1.29, 1.82) is 0 Å². The van der Waals surface area contributed by atoms with Gasteiger partial charge in [-0.25, -0.2) is 21.9 Å². The van der Waals surface area contributed by atoms with Crippen molar-refractivity contribution in [3.8, 4) is 5.75 Å². The molecule has 3 aliphatic heterocycles. The number of fused-ring (bicyclic) bond motifs is 4. The number of benzene rings is 2. The van der Waals surface area contributed by atoms with Crippen LogP contribution >= 0.6 is 11.6 Å². The first-order valence-electron chi connectivity index (χ1n) is 17.1. The van der Waals surface area contributed by atoms with Crippen LogP contribution in [0.1, 0.15) is 50.7 Å². The summed E-state index contributed by atoms with van der Waals surface area (Å²) in [6.45, 7) is 2.85. The molecule has 0 aromatic heterocycles. The number of aryl methyl sites for hydroxylation is 1. The molecule has 2 bridgehead atoms. The van der Waals surface area contributed by atoms with Crippen LogP contribution in [0.5, 0.6) is 5.75 Å². The zero-order valence-corrected chi connectivity index (χ0v) is 29.7. The fourth-order valence-corrected chi connectivity index (χ4v) is 9.20. The van der Waals surface area contributed by atoms with E-state index in [0.29, 0.717) is 36.2 Å². The quantitative estimate of drug-likeness (QED) is 0.445. The Balaban J connectivity index is 1.24. The maximum Gasteiger partial charge on any atom is 0.282 e. The first kappa shape index (κ1) is 35.2. The number of rotatable bonds is 3. The Labute approximate surface area is 296 Å². The van der Waals surface area contributed by atoms with E-state index in [1.54, 1.807) is 24.3 Å². The van der Waals surface area contributed by atoms with E-state index in [2.05, 4.69) is 15.7 Å². The number of nitrogens with one attached hydrogen (secondary N) is 1. The van der Waals surface area contributed by atoms with Gasteiger partial charge in [0.15, 0.2) is 0 Å². The highest BCUT2D eigenvalue weighted by Crippen LogP contribution is 2.47. The lowest BCUT2D eigenvalue weighted by Crippen LogP contribution is -2.59. The Morgan fingerprint density at radius 3 is 2.66 bits per heavy atom. The lowest BCUT2D eigenvalue weighted by molar-refractivity contribution is -0.171. The number of sulfonamides is 1. The van der Waals surface area contributed by atoms with E-state index in [-0.39, 0.29) is 29.9 Å². The maximum absolute atomic E-state index is 13.6. The Bertz CT molecular complexity index is 1810. The average molecular weight is 734 g/mol. The van der Waals surface area contributed by atoms with E-state index in [1.807, 2.05) is 12.1 Å². The van der Waals surface area contributed by atoms with Crippen molar-refractivity contribution in [2.24, 2.45) is 11.8 Å². The number of nitrogens with zero attached hydrogens (tertiary/aromatic N) is 2. The maximum atomic E-state index is 13.6. The molecule has 1 saturated heterocycles. The molecule has 0 unspecified atom stereocenters. The minimum absolute atomic E-state index is 0.0194. The van der Waals surface area contributed by atoms with Gasteiger partial charge in [0, 0.05) is 23.5 Å². The van der Waals surface area contributed by atoms with Gasteiger partial charge in [0.25, 0.3) is 21.9 Å². The molecular weight excluding hydrogens is 692 g/mol. The summed E-state index contributed by atoms with van der Waals surface area (Å²) in [5.41, 5.74) is 1.04. The summed E-state index contributed by atoms with van der Waals surface area (Å²) in [6.07, 6.45) is 7.35. The highest BCUT2D eigenvalue weighted by Gasteiger charge is 2.47. The molecule has 3 heterocycles. The zero-order valence-electron chi connectivity index (χ0n) is 28.1. The summed E-state index contributed by atoms with van der Waals surface area (Å²) >= 11 is 6.41. The molecule has 0 radical (unpaired) electrons. The lowest BCUT2D eigenvalue weighted by Gasteiger charge is -2.46. The smallest absolute Gasteiger partial charge is 0.282 e. The normalized spacial score (nSPS) is 29.7. The number of carbonyl (C=O) groups is 2. The lowest BCUT2D eigenvalue weighted by atomic mass is 9.68. The third-order valence-electron chi connectivity index (χ3n) is 10.9. The van der Waals surface area contributed by atoms with Gasteiger partial charge >= 0.3 is 0 Å². The number of likely N-dealkylation sites (tertiary alicyclic amines) is 1. The van der Waals surface area contributed by atoms with E-state index in [0.717, 1.165) is 37.0 Å². The highest BCUT2D eigenvalue weighted by atomic mass is 35.5. The van der Waals surface area contributed by atoms with E-state index in [4.69, 9.17) is 25.8 Å². The third-order valence-corrected chi connectivity index (χ3v) is 12.5. The number of alkyl halides is 2. The molecule has 7 rings (SSSR count). The van der Waals surface area contributed by atoms with Gasteiger partial charge in [-0.2, -0.15) is 0 Å².